The van der Waals surface area contributed by atoms with E-state index in [4.69, 9.17) is 21.1 Å². The van der Waals surface area contributed by atoms with Crippen LogP contribution in [0.3, 0.4) is 0 Å². The summed E-state index contributed by atoms with van der Waals surface area (Å²) in [6, 6.07) is 10.8. The van der Waals surface area contributed by atoms with Gasteiger partial charge >= 0.3 is 5.97 Å². The van der Waals surface area contributed by atoms with Crippen molar-refractivity contribution in [1.82, 2.24) is 0 Å². The monoisotopic (exact) mass is 454 g/mol. The van der Waals surface area contributed by atoms with Crippen LogP contribution in [0.1, 0.15) is 24.2 Å². The number of sulfonamides is 1. The summed E-state index contributed by atoms with van der Waals surface area (Å²) < 4.78 is 34.8. The molecule has 1 N–H and O–H groups in total. The maximum atomic E-state index is 12.4. The summed E-state index contributed by atoms with van der Waals surface area (Å²) in [4.78, 5) is 24.2. The summed E-state index contributed by atoms with van der Waals surface area (Å²) in [7, 11) is -1.92. The molecule has 8 nitrogen and oxygen atoms in total. The molecule has 0 aromatic heterocycles. The van der Waals surface area contributed by atoms with Crippen molar-refractivity contribution in [2.45, 2.75) is 20.0 Å². The highest BCUT2D eigenvalue weighted by Gasteiger charge is 2.18. The molecule has 2 rings (SSSR count). The van der Waals surface area contributed by atoms with Crippen LogP contribution in [0.25, 0.3) is 0 Å². The van der Waals surface area contributed by atoms with Gasteiger partial charge in [0.1, 0.15) is 5.75 Å². The smallest absolute Gasteiger partial charge is 0.339 e. The van der Waals surface area contributed by atoms with E-state index in [9.17, 15) is 18.0 Å². The van der Waals surface area contributed by atoms with Crippen LogP contribution >= 0.6 is 11.6 Å². The number of anilines is 2. The van der Waals surface area contributed by atoms with Gasteiger partial charge in [0.25, 0.3) is 5.91 Å². The van der Waals surface area contributed by atoms with Crippen LogP contribution in [-0.2, 0) is 19.6 Å². The third-order valence-electron chi connectivity index (χ3n) is 4.11. The molecular formula is C20H23ClN2O6S. The molecule has 0 fully saturated rings. The van der Waals surface area contributed by atoms with Crippen LogP contribution in [-0.4, -0.2) is 46.3 Å². The number of hydrogen-bond donors (Lipinski definition) is 1. The number of esters is 1. The number of halogens is 1. The highest BCUT2D eigenvalue weighted by molar-refractivity contribution is 7.92. The van der Waals surface area contributed by atoms with Crippen LogP contribution in [0, 0.1) is 0 Å². The fraction of sp³-hybridized carbons (Fsp3) is 0.300. The molecular weight excluding hydrogens is 432 g/mol. The lowest BCUT2D eigenvalue weighted by atomic mass is 10.2. The standard InChI is InChI=1S/C20H23ClN2O6S/c1-5-28-20(25)17-11-6-14(12-18(17)21)22-19(24)13(2)29-16-9-7-15(8-10-16)23(3)30(4,26)27/h6-13H,5H2,1-4H3,(H,22,24). The first-order valence-electron chi connectivity index (χ1n) is 9.01. The fourth-order valence-electron chi connectivity index (χ4n) is 2.39. The Morgan fingerprint density at radius 1 is 1.17 bits per heavy atom. The summed E-state index contributed by atoms with van der Waals surface area (Å²) in [6.45, 7) is 3.49. The first kappa shape index (κ1) is 23.5. The summed E-state index contributed by atoms with van der Waals surface area (Å²) in [6.07, 6.45) is 0.266. The second kappa shape index (κ2) is 9.82. The number of rotatable bonds is 8. The van der Waals surface area contributed by atoms with Crippen LogP contribution in [0.4, 0.5) is 11.4 Å². The fourth-order valence-corrected chi connectivity index (χ4v) is 3.16. The number of nitrogens with zero attached hydrogens (tertiary/aromatic N) is 1. The zero-order chi connectivity index (χ0) is 22.5. The van der Waals surface area contributed by atoms with E-state index in [1.807, 2.05) is 0 Å². The van der Waals surface area contributed by atoms with Gasteiger partial charge in [-0.15, -0.1) is 0 Å². The second-order valence-electron chi connectivity index (χ2n) is 6.39. The first-order chi connectivity index (χ1) is 14.0. The predicted molar refractivity (Wildman–Crippen MR) is 116 cm³/mol. The number of amides is 1. The van der Waals surface area contributed by atoms with Gasteiger partial charge in [0, 0.05) is 12.7 Å². The number of carbonyl (C=O) groups excluding carboxylic acids is 2. The van der Waals surface area contributed by atoms with Crippen LogP contribution < -0.4 is 14.4 Å². The predicted octanol–water partition coefficient (Wildman–Crippen LogP) is 3.32. The van der Waals surface area contributed by atoms with Gasteiger partial charge in [0.05, 0.1) is 29.1 Å². The molecule has 2 aromatic carbocycles. The van der Waals surface area contributed by atoms with E-state index in [0.717, 1.165) is 10.6 Å². The van der Waals surface area contributed by atoms with Gasteiger partial charge in [-0.3, -0.25) is 9.10 Å². The molecule has 2 aromatic rings. The van der Waals surface area contributed by atoms with E-state index in [2.05, 4.69) is 5.32 Å². The van der Waals surface area contributed by atoms with Crippen molar-refractivity contribution in [3.63, 3.8) is 0 Å². The molecule has 0 aliphatic carbocycles. The van der Waals surface area contributed by atoms with Crippen molar-refractivity contribution in [1.29, 1.82) is 0 Å². The van der Waals surface area contributed by atoms with E-state index in [0.29, 0.717) is 17.1 Å². The Morgan fingerprint density at radius 3 is 2.33 bits per heavy atom. The van der Waals surface area contributed by atoms with Crippen molar-refractivity contribution in [3.8, 4) is 5.75 Å². The number of hydrogen-bond acceptors (Lipinski definition) is 6. The first-order valence-corrected chi connectivity index (χ1v) is 11.2. The molecule has 0 aliphatic rings. The maximum absolute atomic E-state index is 12.4. The minimum Gasteiger partial charge on any atom is -0.481 e. The maximum Gasteiger partial charge on any atom is 0.339 e. The third-order valence-corrected chi connectivity index (χ3v) is 5.63. The molecule has 0 bridgehead atoms. The molecule has 162 valence electrons. The lowest BCUT2D eigenvalue weighted by Crippen LogP contribution is -2.30. The summed E-state index contributed by atoms with van der Waals surface area (Å²) in [5, 5.41) is 2.82. The van der Waals surface area contributed by atoms with Gasteiger partial charge in [0.2, 0.25) is 10.0 Å². The molecule has 0 heterocycles. The van der Waals surface area contributed by atoms with E-state index in [1.165, 1.54) is 19.2 Å². The molecule has 30 heavy (non-hydrogen) atoms. The molecule has 10 heteroatoms. The lowest BCUT2D eigenvalue weighted by molar-refractivity contribution is -0.122. The van der Waals surface area contributed by atoms with Gasteiger partial charge in [-0.1, -0.05) is 11.6 Å². The van der Waals surface area contributed by atoms with E-state index in [-0.39, 0.29) is 17.2 Å². The van der Waals surface area contributed by atoms with Gasteiger partial charge in [-0.05, 0) is 56.3 Å². The number of benzene rings is 2. The Labute approximate surface area is 180 Å². The van der Waals surface area contributed by atoms with Crippen LogP contribution in [0.15, 0.2) is 42.5 Å². The minimum atomic E-state index is -3.37. The Morgan fingerprint density at radius 2 is 1.80 bits per heavy atom. The van der Waals surface area contributed by atoms with Gasteiger partial charge in [-0.25, -0.2) is 13.2 Å². The number of nitrogens with one attached hydrogen (secondary N) is 1. The summed E-state index contributed by atoms with van der Waals surface area (Å²) in [5.41, 5.74) is 1.08. The number of carbonyl (C=O) groups is 2. The molecule has 1 amide bonds. The average molecular weight is 455 g/mol. The van der Waals surface area contributed by atoms with E-state index in [1.54, 1.807) is 44.2 Å². The largest absolute Gasteiger partial charge is 0.481 e. The lowest BCUT2D eigenvalue weighted by Gasteiger charge is -2.18. The Bertz CT molecular complexity index is 1020. The summed E-state index contributed by atoms with van der Waals surface area (Å²) in [5.74, 6) is -0.562. The van der Waals surface area contributed by atoms with Gasteiger partial charge < -0.3 is 14.8 Å². The van der Waals surface area contributed by atoms with Crippen LogP contribution in [0.2, 0.25) is 5.02 Å². The molecule has 0 radical (unpaired) electrons. The van der Waals surface area contributed by atoms with Crippen molar-refractivity contribution in [3.05, 3.63) is 53.1 Å². The molecule has 0 saturated carbocycles. The minimum absolute atomic E-state index is 0.158. The third kappa shape index (κ3) is 6.11. The quantitative estimate of drug-likeness (QED) is 0.614. The number of ether oxygens (including phenoxy) is 2. The van der Waals surface area contributed by atoms with Crippen molar-refractivity contribution in [2.75, 3.05) is 29.5 Å². The molecule has 0 spiro atoms. The van der Waals surface area contributed by atoms with E-state index >= 15 is 0 Å². The molecule has 1 atom stereocenters. The van der Waals surface area contributed by atoms with Crippen molar-refractivity contribution in [2.24, 2.45) is 0 Å². The molecule has 1 unspecified atom stereocenters. The highest BCUT2D eigenvalue weighted by atomic mass is 35.5. The normalized spacial score (nSPS) is 12.0. The van der Waals surface area contributed by atoms with E-state index < -0.39 is 28.0 Å². The van der Waals surface area contributed by atoms with Gasteiger partial charge in [0.15, 0.2) is 6.10 Å². The van der Waals surface area contributed by atoms with Crippen molar-refractivity contribution < 1.29 is 27.5 Å². The summed E-state index contributed by atoms with van der Waals surface area (Å²) >= 11 is 6.09. The van der Waals surface area contributed by atoms with Crippen molar-refractivity contribution >= 4 is 44.9 Å². The molecule has 0 aliphatic heterocycles. The Kier molecular flexibility index (Phi) is 7.69. The SMILES string of the molecule is CCOC(=O)c1ccc(NC(=O)C(C)Oc2ccc(N(C)S(C)(=O)=O)cc2)cc1Cl. The Hall–Kier alpha value is -2.78. The Balaban J connectivity index is 2.01. The van der Waals surface area contributed by atoms with Crippen LogP contribution in [0.5, 0.6) is 5.75 Å². The average Bonchev–Trinajstić information content (AvgIpc) is 2.67. The molecule has 0 saturated heterocycles. The zero-order valence-electron chi connectivity index (χ0n) is 17.0. The highest BCUT2D eigenvalue weighted by Crippen LogP contribution is 2.23. The zero-order valence-corrected chi connectivity index (χ0v) is 18.6. The second-order valence-corrected chi connectivity index (χ2v) is 8.81. The topological polar surface area (TPSA) is 102 Å². The van der Waals surface area contributed by atoms with Gasteiger partial charge in [-0.2, -0.15) is 0 Å².